The summed E-state index contributed by atoms with van der Waals surface area (Å²) in [6.45, 7) is 5.58. The first-order valence-corrected chi connectivity index (χ1v) is 14.8. The molecule has 2 fully saturated rings. The van der Waals surface area contributed by atoms with Crippen molar-refractivity contribution in [3.63, 3.8) is 0 Å². The molecule has 0 spiro atoms. The van der Waals surface area contributed by atoms with Crippen LogP contribution in [0.2, 0.25) is 0 Å². The summed E-state index contributed by atoms with van der Waals surface area (Å²) in [6, 6.07) is 5.11. The second kappa shape index (κ2) is 11.0. The van der Waals surface area contributed by atoms with Gasteiger partial charge in [0.2, 0.25) is 11.5 Å². The van der Waals surface area contributed by atoms with Gasteiger partial charge in [-0.3, -0.25) is 4.79 Å². The van der Waals surface area contributed by atoms with Crippen LogP contribution in [0.15, 0.2) is 28.7 Å². The van der Waals surface area contributed by atoms with Gasteiger partial charge in [0.25, 0.3) is 5.91 Å². The predicted molar refractivity (Wildman–Crippen MR) is 157 cm³/mol. The second-order valence-electron chi connectivity index (χ2n) is 12.9. The van der Waals surface area contributed by atoms with Crippen molar-refractivity contribution in [3.05, 3.63) is 35.6 Å². The van der Waals surface area contributed by atoms with Crippen LogP contribution < -0.4 is 10.1 Å². The maximum atomic E-state index is 14.8. The van der Waals surface area contributed by atoms with E-state index in [0.29, 0.717) is 46.2 Å². The predicted octanol–water partition coefficient (Wildman–Crippen LogP) is 6.30. The fourth-order valence-electron chi connectivity index (χ4n) is 5.89. The number of hydrogen-bond acceptors (Lipinski definition) is 6. The van der Waals surface area contributed by atoms with Crippen LogP contribution in [0.4, 0.5) is 22.4 Å². The minimum absolute atomic E-state index is 0.0445. The molecular formula is C31H35F4N5O5. The molecule has 6 rings (SSSR count). The third kappa shape index (κ3) is 6.19. The zero-order chi connectivity index (χ0) is 32.4. The third-order valence-electron chi connectivity index (χ3n) is 8.02. The number of imidazole rings is 1. The number of carbonyl (C=O) groups is 2. The number of furan rings is 1. The lowest BCUT2D eigenvalue weighted by molar-refractivity contribution is -0.152. The van der Waals surface area contributed by atoms with Gasteiger partial charge in [0.15, 0.2) is 5.82 Å². The molecule has 14 heteroatoms. The van der Waals surface area contributed by atoms with Crippen molar-refractivity contribution in [1.29, 1.82) is 0 Å². The number of carbonyl (C=O) groups excluding carboxylic acids is 2. The Morgan fingerprint density at radius 2 is 1.84 bits per heavy atom. The highest BCUT2D eigenvalue weighted by Gasteiger charge is 2.37. The summed E-state index contributed by atoms with van der Waals surface area (Å²) in [5, 5.41) is 2.97. The van der Waals surface area contributed by atoms with E-state index in [1.54, 1.807) is 55.2 Å². The zero-order valence-electron chi connectivity index (χ0n) is 25.6. The number of rotatable bonds is 6. The lowest BCUT2D eigenvalue weighted by Gasteiger charge is -2.35. The Morgan fingerprint density at radius 1 is 1.11 bits per heavy atom. The summed E-state index contributed by atoms with van der Waals surface area (Å²) >= 11 is 0. The third-order valence-corrected chi connectivity index (χ3v) is 8.02. The van der Waals surface area contributed by atoms with Crippen molar-refractivity contribution in [3.8, 4) is 17.3 Å². The smallest absolute Gasteiger partial charge is 0.449 e. The molecule has 1 aromatic carbocycles. The van der Waals surface area contributed by atoms with Gasteiger partial charge in [-0.2, -0.15) is 13.2 Å². The van der Waals surface area contributed by atoms with E-state index >= 15 is 0 Å². The van der Waals surface area contributed by atoms with Gasteiger partial charge in [-0.15, -0.1) is 0 Å². The van der Waals surface area contributed by atoms with Crippen molar-refractivity contribution >= 4 is 34.1 Å². The molecule has 4 aromatic rings. The van der Waals surface area contributed by atoms with Crippen molar-refractivity contribution in [1.82, 2.24) is 24.3 Å². The number of nitrogens with one attached hydrogen (secondary N) is 1. The SMILES string of the molecule is COc1cc(C(=O)N2C[C@H](F)C[C@@H](NC(=O)OC(C)(C)C)C2)cc2nc(-c3cc4cc(C(F)(F)F)oc4n3CC3CC3)n(C)c12. The molecule has 2 atom stereocenters. The molecule has 0 bridgehead atoms. The number of aryl methyl sites for hydroxylation is 1. The van der Waals surface area contributed by atoms with Crippen molar-refractivity contribution < 1.29 is 41.0 Å². The lowest BCUT2D eigenvalue weighted by atomic mass is 10.0. The summed E-state index contributed by atoms with van der Waals surface area (Å²) in [6.07, 6.45) is -4.67. The summed E-state index contributed by atoms with van der Waals surface area (Å²) in [5.74, 6) is -0.399. The van der Waals surface area contributed by atoms with E-state index in [1.807, 2.05) is 0 Å². The van der Waals surface area contributed by atoms with Crippen LogP contribution in [0.1, 0.15) is 56.2 Å². The Labute approximate surface area is 256 Å². The topological polar surface area (TPSA) is 104 Å². The first-order chi connectivity index (χ1) is 21.1. The van der Waals surface area contributed by atoms with E-state index < -0.39 is 41.8 Å². The number of piperidine rings is 1. The molecule has 1 saturated carbocycles. The van der Waals surface area contributed by atoms with Crippen molar-refractivity contribution in [2.24, 2.45) is 13.0 Å². The molecule has 1 aliphatic carbocycles. The molecule has 1 aliphatic heterocycles. The van der Waals surface area contributed by atoms with Crippen LogP contribution in [0.3, 0.4) is 0 Å². The Bertz CT molecular complexity index is 1780. The molecule has 0 unspecified atom stereocenters. The maximum absolute atomic E-state index is 14.8. The Hall–Kier alpha value is -4.23. The van der Waals surface area contributed by atoms with E-state index in [0.717, 1.165) is 18.9 Å². The number of benzene rings is 1. The highest BCUT2D eigenvalue weighted by Crippen LogP contribution is 2.41. The summed E-state index contributed by atoms with van der Waals surface area (Å²) in [4.78, 5) is 32.1. The number of methoxy groups -OCH3 is 1. The van der Waals surface area contributed by atoms with Gasteiger partial charge in [0, 0.05) is 37.5 Å². The molecule has 1 N–H and O–H groups in total. The second-order valence-corrected chi connectivity index (χ2v) is 12.9. The van der Waals surface area contributed by atoms with Gasteiger partial charge in [0.1, 0.15) is 23.0 Å². The molecule has 4 heterocycles. The van der Waals surface area contributed by atoms with Crippen LogP contribution >= 0.6 is 0 Å². The normalized spacial score (nSPS) is 19.4. The van der Waals surface area contributed by atoms with Crippen molar-refractivity contribution in [2.75, 3.05) is 20.2 Å². The highest BCUT2D eigenvalue weighted by atomic mass is 19.4. The van der Waals surface area contributed by atoms with E-state index in [4.69, 9.17) is 18.9 Å². The fraction of sp³-hybridized carbons (Fsp3) is 0.516. The number of halogens is 4. The Balaban J connectivity index is 1.33. The minimum atomic E-state index is -4.61. The summed E-state index contributed by atoms with van der Waals surface area (Å²) in [7, 11) is 3.22. The van der Waals surface area contributed by atoms with Gasteiger partial charge in [-0.05, 0) is 63.8 Å². The van der Waals surface area contributed by atoms with Crippen molar-refractivity contribution in [2.45, 2.75) is 70.6 Å². The summed E-state index contributed by atoms with van der Waals surface area (Å²) < 4.78 is 74.7. The lowest BCUT2D eigenvalue weighted by Crippen LogP contribution is -2.54. The van der Waals surface area contributed by atoms with Crippen LogP contribution in [0.25, 0.3) is 33.7 Å². The fourth-order valence-corrected chi connectivity index (χ4v) is 5.89. The van der Waals surface area contributed by atoms with E-state index in [9.17, 15) is 27.2 Å². The number of amides is 2. The molecule has 10 nitrogen and oxygen atoms in total. The van der Waals surface area contributed by atoms with Gasteiger partial charge in [-0.25, -0.2) is 14.2 Å². The largest absolute Gasteiger partial charge is 0.494 e. The van der Waals surface area contributed by atoms with Gasteiger partial charge in [-0.1, -0.05) is 0 Å². The van der Waals surface area contributed by atoms with E-state index in [-0.39, 0.29) is 30.8 Å². The molecule has 45 heavy (non-hydrogen) atoms. The number of likely N-dealkylation sites (tertiary alicyclic amines) is 1. The Morgan fingerprint density at radius 3 is 2.49 bits per heavy atom. The Kier molecular flexibility index (Phi) is 7.51. The van der Waals surface area contributed by atoms with E-state index in [1.165, 1.54) is 12.0 Å². The van der Waals surface area contributed by atoms with Crippen LogP contribution in [-0.2, 0) is 24.5 Å². The number of hydrogen-bond donors (Lipinski definition) is 1. The number of alkyl carbamates (subject to hydrolysis) is 1. The molecule has 242 valence electrons. The average molecular weight is 634 g/mol. The molecule has 1 saturated heterocycles. The first kappa shape index (κ1) is 30.8. The van der Waals surface area contributed by atoms with E-state index in [2.05, 4.69) is 5.32 Å². The van der Waals surface area contributed by atoms with Crippen LogP contribution in [-0.4, -0.2) is 69.0 Å². The van der Waals surface area contributed by atoms with Gasteiger partial charge in [0.05, 0.1) is 30.9 Å². The first-order valence-electron chi connectivity index (χ1n) is 14.8. The zero-order valence-corrected chi connectivity index (χ0v) is 25.6. The number of fused-ring (bicyclic) bond motifs is 2. The molecule has 2 amide bonds. The quantitative estimate of drug-likeness (QED) is 0.250. The molecule has 0 radical (unpaired) electrons. The molecule has 3 aromatic heterocycles. The van der Waals surface area contributed by atoms with Gasteiger partial charge >= 0.3 is 12.3 Å². The molecule has 2 aliphatic rings. The monoisotopic (exact) mass is 633 g/mol. The number of alkyl halides is 4. The average Bonchev–Trinajstić information content (AvgIpc) is 3.41. The highest BCUT2D eigenvalue weighted by molar-refractivity contribution is 6.00. The number of aromatic nitrogens is 3. The maximum Gasteiger partial charge on any atom is 0.449 e. The van der Waals surface area contributed by atoms with Gasteiger partial charge < -0.3 is 33.2 Å². The summed E-state index contributed by atoms with van der Waals surface area (Å²) in [5.41, 5.74) is 1.17. The van der Waals surface area contributed by atoms with Crippen LogP contribution in [0.5, 0.6) is 5.75 Å². The number of ether oxygens (including phenoxy) is 2. The number of nitrogens with zero attached hydrogens (tertiary/aromatic N) is 4. The standard InChI is InChI=1S/C31H35F4N5O5/c1-30(2,3)45-29(42)36-20-12-19(32)14-39(15-20)27(41)17-8-21-25(23(10-17)43-5)38(4)26(37-21)22-9-18-11-24(31(33,34)35)44-28(18)40(22)13-16-6-7-16/h8-11,16,19-20H,6-7,12-15H2,1-5H3,(H,36,42)/t19-,20-/m1/s1. The molecular weight excluding hydrogens is 598 g/mol. The minimum Gasteiger partial charge on any atom is -0.494 e. The van der Waals surface area contributed by atoms with Crippen LogP contribution in [0, 0.1) is 5.92 Å².